The van der Waals surface area contributed by atoms with Gasteiger partial charge in [-0.15, -0.1) is 0 Å². The Morgan fingerprint density at radius 2 is 1.87 bits per heavy atom. The maximum absolute atomic E-state index is 12.7. The van der Waals surface area contributed by atoms with Gasteiger partial charge in [0.15, 0.2) is 0 Å². The molecule has 1 N–H and O–H groups in total. The summed E-state index contributed by atoms with van der Waals surface area (Å²) in [4.78, 5) is 29.1. The zero-order chi connectivity index (χ0) is 22.6. The van der Waals surface area contributed by atoms with Crippen molar-refractivity contribution in [3.63, 3.8) is 0 Å². The van der Waals surface area contributed by atoms with Crippen molar-refractivity contribution in [3.05, 3.63) is 70.8 Å². The normalized spacial score (nSPS) is 12.6. The van der Waals surface area contributed by atoms with E-state index in [4.69, 9.17) is 9.47 Å². The van der Waals surface area contributed by atoms with E-state index in [-0.39, 0.29) is 28.7 Å². The first kappa shape index (κ1) is 22.4. The number of nitrogens with one attached hydrogen (secondary N) is 1. The van der Waals surface area contributed by atoms with E-state index in [1.807, 2.05) is 0 Å². The highest BCUT2D eigenvalue weighted by molar-refractivity contribution is 7.89. The highest BCUT2D eigenvalue weighted by Gasteiger charge is 2.30. The lowest BCUT2D eigenvalue weighted by molar-refractivity contribution is -0.148. The quantitative estimate of drug-likeness (QED) is 0.525. The minimum Gasteiger partial charge on any atom is -0.497 e. The van der Waals surface area contributed by atoms with Crippen LogP contribution in [0.2, 0.25) is 0 Å². The molecule has 0 amide bonds. The van der Waals surface area contributed by atoms with Crippen LogP contribution < -0.4 is 15.0 Å². The molecule has 1 aromatic carbocycles. The molecule has 0 aliphatic carbocycles. The van der Waals surface area contributed by atoms with Gasteiger partial charge in [0.1, 0.15) is 24.0 Å². The Kier molecular flexibility index (Phi) is 6.71. The number of ether oxygens (including phenoxy) is 2. The molecule has 3 rings (SSSR count). The van der Waals surface area contributed by atoms with Gasteiger partial charge in [0, 0.05) is 12.3 Å². The van der Waals surface area contributed by atoms with E-state index in [0.29, 0.717) is 11.4 Å². The van der Waals surface area contributed by atoms with Gasteiger partial charge in [-0.25, -0.2) is 13.4 Å². The summed E-state index contributed by atoms with van der Waals surface area (Å²) in [6.45, 7) is 3.14. The van der Waals surface area contributed by atoms with Crippen molar-refractivity contribution in [2.24, 2.45) is 5.92 Å². The first-order valence-electron chi connectivity index (χ1n) is 9.51. The number of hydrogen-bond donors (Lipinski definition) is 1. The van der Waals surface area contributed by atoms with Crippen LogP contribution in [-0.4, -0.2) is 36.9 Å². The summed E-state index contributed by atoms with van der Waals surface area (Å²) in [7, 11) is -2.49. The fraction of sp³-hybridized carbons (Fsp3) is 0.286. The number of sulfonamides is 1. The molecular weight excluding hydrogens is 422 g/mol. The van der Waals surface area contributed by atoms with Gasteiger partial charge in [0.25, 0.3) is 5.56 Å². The fourth-order valence-electron chi connectivity index (χ4n) is 2.86. The molecule has 0 saturated carbocycles. The average Bonchev–Trinajstić information content (AvgIpc) is 2.76. The molecule has 164 valence electrons. The summed E-state index contributed by atoms with van der Waals surface area (Å²) in [6.07, 6.45) is 1.59. The Hall–Kier alpha value is -3.24. The number of aromatic nitrogens is 2. The third-order valence-corrected chi connectivity index (χ3v) is 6.02. The Balaban J connectivity index is 1.74. The zero-order valence-electron chi connectivity index (χ0n) is 17.3. The topological polar surface area (TPSA) is 116 Å². The Labute approximate surface area is 179 Å². The number of methoxy groups -OCH3 is 1. The minimum atomic E-state index is -3.97. The first-order chi connectivity index (χ1) is 14.7. The van der Waals surface area contributed by atoms with E-state index in [9.17, 15) is 18.0 Å². The summed E-state index contributed by atoms with van der Waals surface area (Å²) in [5.41, 5.74) is 0.379. The highest BCUT2D eigenvalue weighted by atomic mass is 32.2. The summed E-state index contributed by atoms with van der Waals surface area (Å²) in [6, 6.07) is 11.1. The lowest BCUT2D eigenvalue weighted by Crippen LogP contribution is -2.45. The van der Waals surface area contributed by atoms with Crippen LogP contribution in [0.15, 0.2) is 64.4 Å². The molecule has 0 unspecified atom stereocenters. The van der Waals surface area contributed by atoms with Gasteiger partial charge in [-0.05, 0) is 42.3 Å². The standard InChI is InChI=1S/C21H23N3O6S/c1-14(2)20(23-31(27,28)17-9-7-16(29-3)8-10-17)21(26)30-13-15-12-19(25)24-11-5-4-6-18(24)22-15/h4-12,14,20,23H,13H2,1-3H3/t20-/m0/s1. The molecule has 0 spiro atoms. The molecular formula is C21H23N3O6S. The summed E-state index contributed by atoms with van der Waals surface area (Å²) >= 11 is 0. The smallest absolute Gasteiger partial charge is 0.324 e. The number of carbonyl (C=O) groups excluding carboxylic acids is 1. The summed E-state index contributed by atoms with van der Waals surface area (Å²) in [5, 5.41) is 0. The fourth-order valence-corrected chi connectivity index (χ4v) is 4.19. The molecule has 0 saturated heterocycles. The van der Waals surface area contributed by atoms with E-state index in [2.05, 4.69) is 9.71 Å². The molecule has 1 atom stereocenters. The van der Waals surface area contributed by atoms with Gasteiger partial charge < -0.3 is 9.47 Å². The van der Waals surface area contributed by atoms with Crippen LogP contribution in [0, 0.1) is 5.92 Å². The molecule has 31 heavy (non-hydrogen) atoms. The first-order valence-corrected chi connectivity index (χ1v) is 11.0. The Bertz CT molecular complexity index is 1240. The van der Waals surface area contributed by atoms with Crippen molar-refractivity contribution in [3.8, 4) is 5.75 Å². The molecule has 2 aromatic heterocycles. The van der Waals surface area contributed by atoms with Crippen molar-refractivity contribution >= 4 is 21.6 Å². The van der Waals surface area contributed by atoms with Crippen LogP contribution in [0.4, 0.5) is 0 Å². The molecule has 3 aromatic rings. The second-order valence-electron chi connectivity index (χ2n) is 7.14. The number of esters is 1. The number of carbonyl (C=O) groups is 1. The maximum Gasteiger partial charge on any atom is 0.324 e. The third-order valence-electron chi connectivity index (χ3n) is 4.56. The van der Waals surface area contributed by atoms with E-state index in [1.54, 1.807) is 38.2 Å². The molecule has 2 heterocycles. The lowest BCUT2D eigenvalue weighted by atomic mass is 10.1. The second-order valence-corrected chi connectivity index (χ2v) is 8.85. The predicted octanol–water partition coefficient (Wildman–Crippen LogP) is 1.75. The molecule has 9 nitrogen and oxygen atoms in total. The van der Waals surface area contributed by atoms with Crippen LogP contribution in [0.3, 0.4) is 0 Å². The zero-order valence-corrected chi connectivity index (χ0v) is 18.1. The molecule has 0 bridgehead atoms. The number of pyridine rings is 1. The number of hydrogen-bond acceptors (Lipinski definition) is 7. The van der Waals surface area contributed by atoms with Crippen LogP contribution >= 0.6 is 0 Å². The molecule has 0 aliphatic rings. The van der Waals surface area contributed by atoms with Crippen LogP contribution in [-0.2, 0) is 26.2 Å². The Morgan fingerprint density at radius 3 is 2.52 bits per heavy atom. The maximum atomic E-state index is 12.7. The number of fused-ring (bicyclic) bond motifs is 1. The van der Waals surface area contributed by atoms with E-state index < -0.39 is 22.0 Å². The lowest BCUT2D eigenvalue weighted by Gasteiger charge is -2.21. The molecule has 10 heteroatoms. The molecule has 0 fully saturated rings. The van der Waals surface area contributed by atoms with Gasteiger partial charge in [0.05, 0.1) is 17.7 Å². The number of benzene rings is 1. The van der Waals surface area contributed by atoms with Gasteiger partial charge in [-0.3, -0.25) is 14.0 Å². The summed E-state index contributed by atoms with van der Waals surface area (Å²) in [5.74, 6) is -0.629. The van der Waals surface area contributed by atoms with Crippen molar-refractivity contribution in [2.75, 3.05) is 7.11 Å². The monoisotopic (exact) mass is 445 g/mol. The van der Waals surface area contributed by atoms with Gasteiger partial charge >= 0.3 is 5.97 Å². The number of nitrogens with zero attached hydrogens (tertiary/aromatic N) is 2. The average molecular weight is 445 g/mol. The van der Waals surface area contributed by atoms with Gasteiger partial charge in [-0.2, -0.15) is 4.72 Å². The largest absolute Gasteiger partial charge is 0.497 e. The van der Waals surface area contributed by atoms with Gasteiger partial charge in [-0.1, -0.05) is 19.9 Å². The summed E-state index contributed by atoms with van der Waals surface area (Å²) < 4.78 is 39.5. The predicted molar refractivity (Wildman–Crippen MR) is 113 cm³/mol. The molecule has 0 aliphatic heterocycles. The van der Waals surface area contributed by atoms with E-state index >= 15 is 0 Å². The molecule has 0 radical (unpaired) electrons. The van der Waals surface area contributed by atoms with Crippen molar-refractivity contribution in [1.29, 1.82) is 0 Å². The highest BCUT2D eigenvalue weighted by Crippen LogP contribution is 2.17. The van der Waals surface area contributed by atoms with Crippen molar-refractivity contribution in [2.45, 2.75) is 31.4 Å². The second kappa shape index (κ2) is 9.27. The van der Waals surface area contributed by atoms with Crippen LogP contribution in [0.1, 0.15) is 19.5 Å². The van der Waals surface area contributed by atoms with Crippen LogP contribution in [0.5, 0.6) is 5.75 Å². The minimum absolute atomic E-state index is 0.00373. The third kappa shape index (κ3) is 5.28. The Morgan fingerprint density at radius 1 is 1.16 bits per heavy atom. The van der Waals surface area contributed by atoms with Gasteiger partial charge in [0.2, 0.25) is 10.0 Å². The van der Waals surface area contributed by atoms with Crippen LogP contribution in [0.25, 0.3) is 5.65 Å². The van der Waals surface area contributed by atoms with E-state index in [1.165, 1.54) is 41.8 Å². The van der Waals surface area contributed by atoms with E-state index in [0.717, 1.165) is 0 Å². The SMILES string of the molecule is COc1ccc(S(=O)(=O)N[C@H](C(=O)OCc2cc(=O)n3ccccc3n2)C(C)C)cc1. The van der Waals surface area contributed by atoms with Crippen molar-refractivity contribution < 1.29 is 22.7 Å². The number of rotatable bonds is 8. The van der Waals surface area contributed by atoms with Crippen molar-refractivity contribution in [1.82, 2.24) is 14.1 Å².